The maximum atomic E-state index is 11.4. The maximum Gasteiger partial charge on any atom is 0.258 e. The molecule has 1 aromatic carbocycles. The van der Waals surface area contributed by atoms with Gasteiger partial charge in [0.15, 0.2) is 0 Å². The quantitative estimate of drug-likeness (QED) is 0.543. The molecule has 21 heavy (non-hydrogen) atoms. The van der Waals surface area contributed by atoms with Crippen molar-refractivity contribution in [1.82, 2.24) is 5.09 Å². The lowest BCUT2D eigenvalue weighted by atomic mass is 10.2. The van der Waals surface area contributed by atoms with Gasteiger partial charge < -0.3 is 4.52 Å². The second-order valence-electron chi connectivity index (χ2n) is 4.44. The Balaban J connectivity index is 2.44. The first-order chi connectivity index (χ1) is 10.2. The van der Waals surface area contributed by atoms with Gasteiger partial charge in [0.25, 0.3) is 8.18 Å². The summed E-state index contributed by atoms with van der Waals surface area (Å²) in [7, 11) is -2.08. The molecule has 118 valence electrons. The third-order valence-electron chi connectivity index (χ3n) is 2.69. The number of allylic oxidation sites excluding steroid dienone is 1. The molecule has 1 atom stereocenters. The van der Waals surface area contributed by atoms with Crippen LogP contribution in [0.25, 0.3) is 0 Å². The molecule has 0 aliphatic heterocycles. The average molecular weight is 392 g/mol. The Morgan fingerprint density at radius 2 is 2.10 bits per heavy atom. The Labute approximate surface area is 141 Å². The van der Waals surface area contributed by atoms with Crippen molar-refractivity contribution >= 4 is 35.9 Å². The van der Waals surface area contributed by atoms with Crippen LogP contribution in [-0.2, 0) is 14.8 Å². The summed E-state index contributed by atoms with van der Waals surface area (Å²) in [5, 5.41) is 2.91. The number of benzene rings is 1. The van der Waals surface area contributed by atoms with Crippen LogP contribution in [0.4, 0.5) is 0 Å². The van der Waals surface area contributed by atoms with Crippen molar-refractivity contribution < 1.29 is 9.09 Å². The van der Waals surface area contributed by atoms with Gasteiger partial charge in [-0.1, -0.05) is 47.5 Å². The highest BCUT2D eigenvalue weighted by Gasteiger charge is 2.01. The van der Waals surface area contributed by atoms with Crippen LogP contribution in [0.1, 0.15) is 32.3 Å². The zero-order valence-electron chi connectivity index (χ0n) is 12.5. The topological polar surface area (TPSA) is 38.3 Å². The monoisotopic (exact) mass is 391 g/mol. The largest absolute Gasteiger partial charge is 0.320 e. The fourth-order valence-corrected chi connectivity index (χ4v) is 3.66. The van der Waals surface area contributed by atoms with E-state index < -0.39 is 8.18 Å². The van der Waals surface area contributed by atoms with Crippen LogP contribution in [0, 0.1) is 0 Å². The predicted molar refractivity (Wildman–Crippen MR) is 97.1 cm³/mol. The zero-order chi connectivity index (χ0) is 15.5. The molecule has 0 amide bonds. The van der Waals surface area contributed by atoms with Gasteiger partial charge in [-0.3, -0.25) is 4.57 Å². The van der Waals surface area contributed by atoms with Gasteiger partial charge in [0.2, 0.25) is 0 Å². The summed E-state index contributed by atoms with van der Waals surface area (Å²) in [5.41, 5.74) is 1.31. The highest BCUT2D eigenvalue weighted by Crippen LogP contribution is 2.26. The first-order valence-corrected chi connectivity index (χ1v) is 10.2. The molecule has 1 aromatic rings. The minimum absolute atomic E-state index is 0.481. The molecule has 0 saturated carbocycles. The number of halogens is 1. The fourth-order valence-electron chi connectivity index (χ4n) is 1.67. The second kappa shape index (κ2) is 11.5. The standard InChI is InChI=1S/C15H23BrNO2PS/c1-3-5-15(10-11-17-20(18)19-4-2)21-12-13-6-8-14(16)9-7-13/h6-10,20H,3-5,11-12H2,1-2H3,(H,17,18). The summed E-state index contributed by atoms with van der Waals surface area (Å²) < 4.78 is 17.5. The highest BCUT2D eigenvalue weighted by molar-refractivity contribution is 9.10. The molecule has 0 bridgehead atoms. The zero-order valence-corrected chi connectivity index (χ0v) is 15.9. The molecular formula is C15H23BrNO2PS. The van der Waals surface area contributed by atoms with Crippen molar-refractivity contribution in [2.75, 3.05) is 13.2 Å². The van der Waals surface area contributed by atoms with Crippen molar-refractivity contribution in [3.63, 3.8) is 0 Å². The Morgan fingerprint density at radius 3 is 2.71 bits per heavy atom. The SMILES string of the molecule is CCCC(=CCN[PH](=O)OCC)SCc1ccc(Br)cc1. The average Bonchev–Trinajstić information content (AvgIpc) is 2.46. The number of nitrogens with one attached hydrogen (secondary N) is 1. The van der Waals surface area contributed by atoms with E-state index >= 15 is 0 Å². The van der Waals surface area contributed by atoms with Gasteiger partial charge in [0, 0.05) is 16.8 Å². The molecule has 0 heterocycles. The van der Waals surface area contributed by atoms with Gasteiger partial charge in [-0.2, -0.15) is 0 Å². The van der Waals surface area contributed by atoms with Crippen LogP contribution in [0.2, 0.25) is 0 Å². The van der Waals surface area contributed by atoms with Crippen molar-refractivity contribution in [2.45, 2.75) is 32.4 Å². The lowest BCUT2D eigenvalue weighted by Crippen LogP contribution is -2.04. The molecule has 0 aromatic heterocycles. The van der Waals surface area contributed by atoms with E-state index in [1.165, 1.54) is 10.5 Å². The Kier molecular flexibility index (Phi) is 10.4. The molecule has 0 radical (unpaired) electrons. The minimum Gasteiger partial charge on any atom is -0.320 e. The van der Waals surface area contributed by atoms with E-state index in [-0.39, 0.29) is 0 Å². The summed E-state index contributed by atoms with van der Waals surface area (Å²) in [6.07, 6.45) is 4.28. The van der Waals surface area contributed by atoms with Crippen LogP contribution in [0.15, 0.2) is 39.7 Å². The number of hydrogen-bond acceptors (Lipinski definition) is 3. The molecule has 0 saturated heterocycles. The lowest BCUT2D eigenvalue weighted by molar-refractivity contribution is 0.344. The smallest absolute Gasteiger partial charge is 0.258 e. The van der Waals surface area contributed by atoms with Crippen LogP contribution >= 0.6 is 35.9 Å². The molecule has 0 aliphatic rings. The predicted octanol–water partition coefficient (Wildman–Crippen LogP) is 5.38. The Morgan fingerprint density at radius 1 is 1.38 bits per heavy atom. The van der Waals surface area contributed by atoms with E-state index in [2.05, 4.69) is 58.3 Å². The minimum atomic E-state index is -2.08. The van der Waals surface area contributed by atoms with Crippen LogP contribution in [-0.4, -0.2) is 13.2 Å². The van der Waals surface area contributed by atoms with E-state index in [0.717, 1.165) is 23.1 Å². The van der Waals surface area contributed by atoms with E-state index in [1.807, 2.05) is 18.7 Å². The molecule has 0 aliphatic carbocycles. The molecule has 0 spiro atoms. The number of hydrogen-bond donors (Lipinski definition) is 1. The van der Waals surface area contributed by atoms with Crippen molar-refractivity contribution in [3.05, 3.63) is 45.3 Å². The van der Waals surface area contributed by atoms with E-state index in [1.54, 1.807) is 0 Å². The second-order valence-corrected chi connectivity index (χ2v) is 7.67. The highest BCUT2D eigenvalue weighted by atomic mass is 79.9. The van der Waals surface area contributed by atoms with Crippen molar-refractivity contribution in [3.8, 4) is 0 Å². The van der Waals surface area contributed by atoms with Gasteiger partial charge in [-0.15, -0.1) is 11.8 Å². The Bertz CT molecular complexity index is 465. The molecular weight excluding hydrogens is 369 g/mol. The summed E-state index contributed by atoms with van der Waals surface area (Å²) in [4.78, 5) is 1.33. The maximum absolute atomic E-state index is 11.4. The first kappa shape index (κ1) is 19.0. The molecule has 1 N–H and O–H groups in total. The summed E-state index contributed by atoms with van der Waals surface area (Å²) in [6, 6.07) is 8.39. The molecule has 0 fully saturated rings. The number of thioether (sulfide) groups is 1. The third kappa shape index (κ3) is 8.84. The molecule has 3 nitrogen and oxygen atoms in total. The molecule has 1 rings (SSSR count). The third-order valence-corrected chi connectivity index (χ3v) is 5.48. The van der Waals surface area contributed by atoms with Crippen molar-refractivity contribution in [2.24, 2.45) is 0 Å². The molecule has 6 heteroatoms. The Hall–Kier alpha value is -0.0600. The van der Waals surface area contributed by atoms with Gasteiger partial charge in [-0.25, -0.2) is 5.09 Å². The van der Waals surface area contributed by atoms with E-state index in [9.17, 15) is 4.57 Å². The van der Waals surface area contributed by atoms with Crippen LogP contribution in [0.5, 0.6) is 0 Å². The van der Waals surface area contributed by atoms with E-state index in [0.29, 0.717) is 13.2 Å². The van der Waals surface area contributed by atoms with Gasteiger partial charge >= 0.3 is 0 Å². The number of rotatable bonds is 10. The normalized spacial score (nSPS) is 13.4. The van der Waals surface area contributed by atoms with E-state index in [4.69, 9.17) is 4.52 Å². The van der Waals surface area contributed by atoms with Gasteiger partial charge in [-0.05, 0) is 35.9 Å². The summed E-state index contributed by atoms with van der Waals surface area (Å²) >= 11 is 5.29. The lowest BCUT2D eigenvalue weighted by Gasteiger charge is -2.08. The van der Waals surface area contributed by atoms with Gasteiger partial charge in [0.05, 0.1) is 6.61 Å². The first-order valence-electron chi connectivity index (χ1n) is 7.12. The summed E-state index contributed by atoms with van der Waals surface area (Å²) in [5.74, 6) is 0.958. The fraction of sp³-hybridized carbons (Fsp3) is 0.467. The summed E-state index contributed by atoms with van der Waals surface area (Å²) in [6.45, 7) is 5.09. The van der Waals surface area contributed by atoms with Crippen LogP contribution < -0.4 is 5.09 Å². The molecule has 1 unspecified atom stereocenters. The van der Waals surface area contributed by atoms with Crippen LogP contribution in [0.3, 0.4) is 0 Å². The van der Waals surface area contributed by atoms with Gasteiger partial charge in [0.1, 0.15) is 0 Å². The van der Waals surface area contributed by atoms with Crippen molar-refractivity contribution in [1.29, 1.82) is 0 Å².